The van der Waals surface area contributed by atoms with Gasteiger partial charge in [0.2, 0.25) is 0 Å². The van der Waals surface area contributed by atoms with Crippen molar-refractivity contribution in [2.24, 2.45) is 0 Å². The van der Waals surface area contributed by atoms with Gasteiger partial charge < -0.3 is 15.4 Å². The van der Waals surface area contributed by atoms with Crippen LogP contribution >= 0.6 is 22.9 Å². The fraction of sp³-hybridized carbons (Fsp3) is 0.300. The normalized spacial score (nSPS) is 18.2. The number of amides is 1. The van der Waals surface area contributed by atoms with Gasteiger partial charge in [-0.1, -0.05) is 29.8 Å². The molecule has 2 unspecified atom stereocenters. The average molecular weight is 471 g/mol. The highest BCUT2D eigenvalue weighted by Crippen LogP contribution is 2.46. The number of halogens is 4. The van der Waals surface area contributed by atoms with Gasteiger partial charge in [0.1, 0.15) is 16.6 Å². The Bertz CT molecular complexity index is 1070. The van der Waals surface area contributed by atoms with E-state index < -0.39 is 24.2 Å². The number of hydrogen-bond acceptors (Lipinski definition) is 5. The number of carbonyl (C=O) groups is 1. The summed E-state index contributed by atoms with van der Waals surface area (Å²) >= 11 is 7.77. The number of ether oxygens (including phenoxy) is 1. The number of nitrogens with zero attached hydrogens (tertiary/aromatic N) is 2. The minimum absolute atomic E-state index is 0.0302. The van der Waals surface area contributed by atoms with Crippen LogP contribution in [0.25, 0.3) is 0 Å². The molecule has 2 aromatic heterocycles. The number of anilines is 1. The van der Waals surface area contributed by atoms with E-state index in [1.807, 2.05) is 17.5 Å². The summed E-state index contributed by atoms with van der Waals surface area (Å²) in [4.78, 5) is 13.5. The Morgan fingerprint density at radius 2 is 2.10 bits per heavy atom. The van der Waals surface area contributed by atoms with E-state index in [1.54, 1.807) is 24.3 Å². The molecule has 1 aromatic carbocycles. The molecule has 0 saturated heterocycles. The fourth-order valence-corrected chi connectivity index (χ4v) is 4.36. The minimum atomic E-state index is -4.57. The second kappa shape index (κ2) is 8.43. The van der Waals surface area contributed by atoms with Gasteiger partial charge >= 0.3 is 6.18 Å². The van der Waals surface area contributed by atoms with E-state index in [9.17, 15) is 18.0 Å². The molecule has 0 bridgehead atoms. The molecule has 2 N–H and O–H groups in total. The predicted octanol–water partition coefficient (Wildman–Crippen LogP) is 5.20. The van der Waals surface area contributed by atoms with Gasteiger partial charge in [-0.05, 0) is 29.1 Å². The lowest BCUT2D eigenvalue weighted by Gasteiger charge is -2.33. The summed E-state index contributed by atoms with van der Waals surface area (Å²) in [6.45, 7) is 0.236. The van der Waals surface area contributed by atoms with E-state index in [-0.39, 0.29) is 29.5 Å². The fourth-order valence-electron chi connectivity index (χ4n) is 3.45. The molecule has 1 aliphatic heterocycles. The van der Waals surface area contributed by atoms with Crippen molar-refractivity contribution in [3.63, 3.8) is 0 Å². The van der Waals surface area contributed by atoms with Crippen LogP contribution in [0.3, 0.4) is 0 Å². The van der Waals surface area contributed by atoms with Crippen LogP contribution in [0.1, 0.15) is 39.4 Å². The number of methoxy groups -OCH3 is 1. The second-order valence-corrected chi connectivity index (χ2v) is 8.39. The Hall–Kier alpha value is -2.72. The maximum atomic E-state index is 13.9. The number of hydrogen-bond donors (Lipinski definition) is 2. The van der Waals surface area contributed by atoms with Crippen LogP contribution < -0.4 is 15.4 Å². The largest absolute Gasteiger partial charge is 0.497 e. The van der Waals surface area contributed by atoms with E-state index in [4.69, 9.17) is 16.3 Å². The number of carbonyl (C=O) groups excluding carboxylic acids is 1. The van der Waals surface area contributed by atoms with E-state index >= 15 is 0 Å². The smallest absolute Gasteiger partial charge is 0.410 e. The molecule has 4 rings (SSSR count). The topological polar surface area (TPSA) is 68.2 Å². The third-order valence-corrected chi connectivity index (χ3v) is 6.27. The van der Waals surface area contributed by atoms with E-state index in [0.29, 0.717) is 11.3 Å². The number of aromatic nitrogens is 2. The molecule has 3 heterocycles. The number of alkyl halides is 3. The molecule has 0 aliphatic carbocycles. The van der Waals surface area contributed by atoms with Crippen molar-refractivity contribution < 1.29 is 22.7 Å². The van der Waals surface area contributed by atoms with Gasteiger partial charge in [-0.15, -0.1) is 11.3 Å². The maximum Gasteiger partial charge on any atom is 0.410 e. The summed E-state index contributed by atoms with van der Waals surface area (Å²) in [6, 6.07) is 7.83. The van der Waals surface area contributed by atoms with Crippen LogP contribution in [0.4, 0.5) is 19.0 Å². The monoisotopic (exact) mass is 470 g/mol. The van der Waals surface area contributed by atoms with Gasteiger partial charge in [-0.2, -0.15) is 18.3 Å². The van der Waals surface area contributed by atoms with Crippen LogP contribution in [-0.4, -0.2) is 29.0 Å². The molecule has 1 amide bonds. The van der Waals surface area contributed by atoms with Crippen molar-refractivity contribution in [3.05, 3.63) is 62.9 Å². The molecule has 1 aliphatic rings. The first-order valence-corrected chi connectivity index (χ1v) is 10.6. The molecule has 0 spiro atoms. The quantitative estimate of drug-likeness (QED) is 0.538. The van der Waals surface area contributed by atoms with Gasteiger partial charge in [-0.25, -0.2) is 4.68 Å². The first-order chi connectivity index (χ1) is 14.8. The Kier molecular flexibility index (Phi) is 5.85. The molecule has 164 valence electrons. The highest BCUT2D eigenvalue weighted by molar-refractivity contribution is 7.09. The van der Waals surface area contributed by atoms with Crippen molar-refractivity contribution in [2.45, 2.75) is 31.2 Å². The highest BCUT2D eigenvalue weighted by atomic mass is 35.5. The summed E-state index contributed by atoms with van der Waals surface area (Å²) in [5, 5.41) is 11.3. The first kappa shape index (κ1) is 21.5. The van der Waals surface area contributed by atoms with Crippen molar-refractivity contribution >= 4 is 34.7 Å². The number of rotatable bonds is 5. The third-order valence-electron chi connectivity index (χ3n) is 5.03. The zero-order valence-corrected chi connectivity index (χ0v) is 17.8. The molecule has 6 nitrogen and oxygen atoms in total. The van der Waals surface area contributed by atoms with E-state index in [2.05, 4.69) is 15.7 Å². The summed E-state index contributed by atoms with van der Waals surface area (Å²) < 4.78 is 47.4. The molecule has 11 heteroatoms. The lowest BCUT2D eigenvalue weighted by Crippen LogP contribution is -2.35. The Balaban J connectivity index is 1.64. The Morgan fingerprint density at radius 3 is 2.71 bits per heavy atom. The van der Waals surface area contributed by atoms with Crippen molar-refractivity contribution in [3.8, 4) is 5.75 Å². The lowest BCUT2D eigenvalue weighted by molar-refractivity contribution is -0.173. The molecular weight excluding hydrogens is 453 g/mol. The zero-order valence-electron chi connectivity index (χ0n) is 16.2. The van der Waals surface area contributed by atoms with Crippen LogP contribution in [0.5, 0.6) is 5.75 Å². The number of benzene rings is 1. The SMILES string of the molecule is COc1ccc(C2CC(C(F)(F)F)n3nc(C(=O)NCc4cccs4)c(Cl)c3N2)cc1. The van der Waals surface area contributed by atoms with Gasteiger partial charge in [0.05, 0.1) is 19.7 Å². The van der Waals surface area contributed by atoms with Crippen LogP contribution in [0, 0.1) is 0 Å². The standard InChI is InChI=1S/C20H18ClF3N4O2S/c1-30-12-6-4-11(5-7-12)14-9-15(20(22,23)24)28-18(26-14)16(21)17(27-28)19(29)25-10-13-3-2-8-31-13/h2-8,14-15,26H,9-10H2,1H3,(H,25,29). The summed E-state index contributed by atoms with van der Waals surface area (Å²) in [5.41, 5.74) is 0.396. The third kappa shape index (κ3) is 4.35. The average Bonchev–Trinajstić information content (AvgIpc) is 3.39. The van der Waals surface area contributed by atoms with Crippen molar-refractivity contribution in [1.29, 1.82) is 0 Å². The van der Waals surface area contributed by atoms with Crippen molar-refractivity contribution in [2.75, 3.05) is 12.4 Å². The Labute approximate surface area is 185 Å². The summed E-state index contributed by atoms with van der Waals surface area (Å²) in [5.74, 6) is -0.0685. The first-order valence-electron chi connectivity index (χ1n) is 9.33. The second-order valence-electron chi connectivity index (χ2n) is 6.98. The van der Waals surface area contributed by atoms with Crippen LogP contribution in [0.2, 0.25) is 5.02 Å². The molecule has 0 saturated carbocycles. The molecule has 0 fully saturated rings. The molecule has 2 atom stereocenters. The highest BCUT2D eigenvalue weighted by Gasteiger charge is 2.47. The van der Waals surface area contributed by atoms with E-state index in [1.165, 1.54) is 18.4 Å². The van der Waals surface area contributed by atoms with Crippen molar-refractivity contribution in [1.82, 2.24) is 15.1 Å². The number of nitrogens with one attached hydrogen (secondary N) is 2. The van der Waals surface area contributed by atoms with Gasteiger partial charge in [0.25, 0.3) is 5.91 Å². The molecule has 0 radical (unpaired) electrons. The molecule has 3 aromatic rings. The molecular formula is C20H18ClF3N4O2S. The molecule has 31 heavy (non-hydrogen) atoms. The maximum absolute atomic E-state index is 13.9. The van der Waals surface area contributed by atoms with Gasteiger partial charge in [0, 0.05) is 11.3 Å². The Morgan fingerprint density at radius 1 is 1.35 bits per heavy atom. The summed E-state index contributed by atoms with van der Waals surface area (Å²) in [7, 11) is 1.51. The zero-order chi connectivity index (χ0) is 22.2. The van der Waals surface area contributed by atoms with Gasteiger partial charge in [-0.3, -0.25) is 4.79 Å². The van der Waals surface area contributed by atoms with Crippen LogP contribution in [0.15, 0.2) is 41.8 Å². The van der Waals surface area contributed by atoms with Crippen LogP contribution in [-0.2, 0) is 6.54 Å². The summed E-state index contributed by atoms with van der Waals surface area (Å²) in [6.07, 6.45) is -4.86. The van der Waals surface area contributed by atoms with Gasteiger partial charge in [0.15, 0.2) is 11.7 Å². The number of fused-ring (bicyclic) bond motifs is 1. The van der Waals surface area contributed by atoms with E-state index in [0.717, 1.165) is 9.56 Å². The minimum Gasteiger partial charge on any atom is -0.497 e. The lowest BCUT2D eigenvalue weighted by atomic mass is 9.97. The predicted molar refractivity (Wildman–Crippen MR) is 112 cm³/mol. The number of thiophene rings is 1.